The fourth-order valence-electron chi connectivity index (χ4n) is 3.55. The summed E-state index contributed by atoms with van der Waals surface area (Å²) in [5, 5.41) is 6.43. The SMILES string of the molecule is CCn1c(/C=C/C(=O)Nc2ccc3c(c2)NC(=O)CC3)cc2cc(F)ccc21. The lowest BCUT2D eigenvalue weighted by Gasteiger charge is -2.17. The van der Waals surface area contributed by atoms with E-state index in [1.54, 1.807) is 18.2 Å². The molecule has 0 saturated heterocycles. The van der Waals surface area contributed by atoms with E-state index < -0.39 is 0 Å². The lowest BCUT2D eigenvalue weighted by molar-refractivity contribution is -0.116. The number of carbonyl (C=O) groups excluding carboxylic acids is 2. The van der Waals surface area contributed by atoms with Crippen LogP contribution in [0.5, 0.6) is 0 Å². The number of amides is 2. The summed E-state index contributed by atoms with van der Waals surface area (Å²) in [6.45, 7) is 2.71. The molecule has 2 amide bonds. The van der Waals surface area contributed by atoms with Gasteiger partial charge in [0, 0.05) is 47.0 Å². The lowest BCUT2D eigenvalue weighted by atomic mass is 10.0. The van der Waals surface area contributed by atoms with Crippen molar-refractivity contribution in [3.8, 4) is 0 Å². The quantitative estimate of drug-likeness (QED) is 0.665. The second-order valence-electron chi connectivity index (χ2n) is 6.76. The van der Waals surface area contributed by atoms with Gasteiger partial charge in [0.1, 0.15) is 5.82 Å². The molecule has 2 aromatic carbocycles. The van der Waals surface area contributed by atoms with Crippen LogP contribution in [0.3, 0.4) is 0 Å². The number of carbonyl (C=O) groups is 2. The molecular weight excluding hydrogens is 357 g/mol. The highest BCUT2D eigenvalue weighted by Crippen LogP contribution is 2.26. The van der Waals surface area contributed by atoms with Gasteiger partial charge in [0.05, 0.1) is 0 Å². The van der Waals surface area contributed by atoms with Gasteiger partial charge in [-0.2, -0.15) is 0 Å². The molecule has 2 N–H and O–H groups in total. The smallest absolute Gasteiger partial charge is 0.248 e. The number of fused-ring (bicyclic) bond motifs is 2. The zero-order chi connectivity index (χ0) is 19.7. The van der Waals surface area contributed by atoms with Gasteiger partial charge >= 0.3 is 0 Å². The molecule has 1 aromatic heterocycles. The lowest BCUT2D eigenvalue weighted by Crippen LogP contribution is -2.19. The Bertz CT molecular complexity index is 1110. The summed E-state index contributed by atoms with van der Waals surface area (Å²) >= 11 is 0. The third kappa shape index (κ3) is 3.53. The summed E-state index contributed by atoms with van der Waals surface area (Å²) in [7, 11) is 0. The highest BCUT2D eigenvalue weighted by atomic mass is 19.1. The van der Waals surface area contributed by atoms with Crippen LogP contribution in [0.25, 0.3) is 17.0 Å². The molecule has 6 heteroatoms. The second kappa shape index (κ2) is 7.31. The van der Waals surface area contributed by atoms with E-state index in [1.807, 2.05) is 29.7 Å². The van der Waals surface area contributed by atoms with Crippen molar-refractivity contribution in [2.24, 2.45) is 0 Å². The maximum Gasteiger partial charge on any atom is 0.248 e. The molecule has 0 bridgehead atoms. The molecule has 0 atom stereocenters. The number of nitrogens with zero attached hydrogens (tertiary/aromatic N) is 1. The van der Waals surface area contributed by atoms with E-state index in [-0.39, 0.29) is 17.6 Å². The number of rotatable bonds is 4. The highest BCUT2D eigenvalue weighted by molar-refractivity contribution is 6.03. The number of benzene rings is 2. The van der Waals surface area contributed by atoms with Crippen LogP contribution in [0, 0.1) is 5.82 Å². The van der Waals surface area contributed by atoms with Crippen molar-refractivity contribution in [3.05, 3.63) is 65.6 Å². The van der Waals surface area contributed by atoms with Crippen molar-refractivity contribution >= 4 is 40.2 Å². The Kier molecular flexibility index (Phi) is 4.69. The van der Waals surface area contributed by atoms with Gasteiger partial charge in [-0.1, -0.05) is 6.07 Å². The molecule has 0 unspecified atom stereocenters. The summed E-state index contributed by atoms with van der Waals surface area (Å²) in [6.07, 6.45) is 4.36. The first-order valence-corrected chi connectivity index (χ1v) is 9.24. The molecule has 0 fully saturated rings. The van der Waals surface area contributed by atoms with Crippen LogP contribution in [0.2, 0.25) is 0 Å². The first kappa shape index (κ1) is 18.0. The van der Waals surface area contributed by atoms with Crippen LogP contribution < -0.4 is 10.6 Å². The van der Waals surface area contributed by atoms with Crippen molar-refractivity contribution in [1.82, 2.24) is 4.57 Å². The highest BCUT2D eigenvalue weighted by Gasteiger charge is 2.15. The van der Waals surface area contributed by atoms with Gasteiger partial charge in [-0.3, -0.25) is 9.59 Å². The number of nitrogens with one attached hydrogen (secondary N) is 2. The topological polar surface area (TPSA) is 63.1 Å². The van der Waals surface area contributed by atoms with Crippen molar-refractivity contribution in [2.75, 3.05) is 10.6 Å². The van der Waals surface area contributed by atoms with Crippen LogP contribution in [-0.4, -0.2) is 16.4 Å². The van der Waals surface area contributed by atoms with E-state index in [0.717, 1.165) is 27.8 Å². The van der Waals surface area contributed by atoms with E-state index in [2.05, 4.69) is 10.6 Å². The molecule has 0 radical (unpaired) electrons. The largest absolute Gasteiger partial charge is 0.341 e. The Hall–Kier alpha value is -3.41. The first-order valence-electron chi connectivity index (χ1n) is 9.24. The fourth-order valence-corrected chi connectivity index (χ4v) is 3.55. The van der Waals surface area contributed by atoms with Crippen molar-refractivity contribution < 1.29 is 14.0 Å². The molecule has 28 heavy (non-hydrogen) atoms. The number of aryl methyl sites for hydroxylation is 2. The monoisotopic (exact) mass is 377 g/mol. The van der Waals surface area contributed by atoms with Crippen LogP contribution in [0.15, 0.2) is 48.5 Å². The van der Waals surface area contributed by atoms with Gasteiger partial charge in [-0.25, -0.2) is 4.39 Å². The van der Waals surface area contributed by atoms with Gasteiger partial charge in [-0.15, -0.1) is 0 Å². The Morgan fingerprint density at radius 1 is 1.21 bits per heavy atom. The van der Waals surface area contributed by atoms with Crippen molar-refractivity contribution in [1.29, 1.82) is 0 Å². The zero-order valence-corrected chi connectivity index (χ0v) is 15.5. The maximum absolute atomic E-state index is 13.5. The predicted molar refractivity (Wildman–Crippen MR) is 109 cm³/mol. The Balaban J connectivity index is 1.52. The molecule has 0 spiro atoms. The Morgan fingerprint density at radius 3 is 2.89 bits per heavy atom. The number of hydrogen-bond acceptors (Lipinski definition) is 2. The minimum absolute atomic E-state index is 0.0142. The molecule has 4 rings (SSSR count). The summed E-state index contributed by atoms with van der Waals surface area (Å²) in [4.78, 5) is 23.9. The van der Waals surface area contributed by atoms with E-state index in [0.29, 0.717) is 25.1 Å². The Morgan fingerprint density at radius 2 is 2.07 bits per heavy atom. The number of hydrogen-bond donors (Lipinski definition) is 2. The molecule has 142 valence electrons. The second-order valence-corrected chi connectivity index (χ2v) is 6.76. The average Bonchev–Trinajstić information content (AvgIpc) is 3.02. The molecule has 5 nitrogen and oxygen atoms in total. The third-order valence-electron chi connectivity index (χ3n) is 4.89. The number of aromatic nitrogens is 1. The average molecular weight is 377 g/mol. The predicted octanol–water partition coefficient (Wildman–Crippen LogP) is 4.34. The van der Waals surface area contributed by atoms with Crippen LogP contribution in [-0.2, 0) is 22.6 Å². The van der Waals surface area contributed by atoms with Gasteiger partial charge < -0.3 is 15.2 Å². The van der Waals surface area contributed by atoms with Gasteiger partial charge in [0.2, 0.25) is 11.8 Å². The summed E-state index contributed by atoms with van der Waals surface area (Å²) < 4.78 is 15.5. The number of halogens is 1. The van der Waals surface area contributed by atoms with Crippen LogP contribution in [0.1, 0.15) is 24.6 Å². The van der Waals surface area contributed by atoms with Crippen molar-refractivity contribution in [2.45, 2.75) is 26.3 Å². The zero-order valence-electron chi connectivity index (χ0n) is 15.5. The van der Waals surface area contributed by atoms with E-state index >= 15 is 0 Å². The molecule has 0 aliphatic carbocycles. The summed E-state index contributed by atoms with van der Waals surface area (Å²) in [6, 6.07) is 12.0. The standard InChI is InChI=1S/C22H20FN3O2/c1-2-26-18(12-15-11-16(23)5-8-20(15)26)7-10-21(27)24-17-6-3-14-4-9-22(28)25-19(14)13-17/h3,5-8,10-13H,2,4,9H2,1H3,(H,24,27)(H,25,28)/b10-7+. The summed E-state index contributed by atoms with van der Waals surface area (Å²) in [5.74, 6) is -0.575. The summed E-state index contributed by atoms with van der Waals surface area (Å²) in [5.41, 5.74) is 4.18. The molecular formula is C22H20FN3O2. The maximum atomic E-state index is 13.5. The van der Waals surface area contributed by atoms with Gasteiger partial charge in [0.15, 0.2) is 0 Å². The molecule has 3 aromatic rings. The molecule has 0 saturated carbocycles. The van der Waals surface area contributed by atoms with E-state index in [1.165, 1.54) is 18.2 Å². The minimum Gasteiger partial charge on any atom is -0.341 e. The van der Waals surface area contributed by atoms with Crippen LogP contribution >= 0.6 is 0 Å². The molecule has 1 aliphatic rings. The van der Waals surface area contributed by atoms with Crippen LogP contribution in [0.4, 0.5) is 15.8 Å². The van der Waals surface area contributed by atoms with E-state index in [9.17, 15) is 14.0 Å². The van der Waals surface area contributed by atoms with E-state index in [4.69, 9.17) is 0 Å². The third-order valence-corrected chi connectivity index (χ3v) is 4.89. The normalized spacial score (nSPS) is 13.6. The number of anilines is 2. The fraction of sp³-hybridized carbons (Fsp3) is 0.182. The van der Waals surface area contributed by atoms with Gasteiger partial charge in [0.25, 0.3) is 0 Å². The Labute approximate surface area is 161 Å². The molecule has 2 heterocycles. The van der Waals surface area contributed by atoms with Gasteiger partial charge in [-0.05, 0) is 61.4 Å². The molecule has 1 aliphatic heterocycles. The minimum atomic E-state index is -0.284. The first-order chi connectivity index (χ1) is 13.5. The van der Waals surface area contributed by atoms with Crippen molar-refractivity contribution in [3.63, 3.8) is 0 Å².